The molecule has 1 atom stereocenters. The van der Waals surface area contributed by atoms with Crippen molar-refractivity contribution >= 4 is 23.6 Å². The Morgan fingerprint density at radius 3 is 2.55 bits per heavy atom. The Balaban J connectivity index is 1.64. The van der Waals surface area contributed by atoms with Gasteiger partial charge in [-0.3, -0.25) is 14.7 Å². The van der Waals surface area contributed by atoms with Crippen LogP contribution in [0, 0.1) is 0 Å². The summed E-state index contributed by atoms with van der Waals surface area (Å²) < 4.78 is 5.05. The molecule has 3 aromatic rings. The van der Waals surface area contributed by atoms with Crippen LogP contribution < -0.4 is 5.32 Å². The highest BCUT2D eigenvalue weighted by Gasteiger charge is 2.20. The van der Waals surface area contributed by atoms with Crippen LogP contribution >= 0.6 is 11.8 Å². The molecule has 7 nitrogen and oxygen atoms in total. The van der Waals surface area contributed by atoms with Gasteiger partial charge >= 0.3 is 5.97 Å². The quantitative estimate of drug-likeness (QED) is 0.414. The van der Waals surface area contributed by atoms with E-state index in [0.717, 1.165) is 16.3 Å². The summed E-state index contributed by atoms with van der Waals surface area (Å²) in [6.07, 6.45) is 1.55. The number of nitrogens with one attached hydrogen (secondary N) is 2. The van der Waals surface area contributed by atoms with Crippen LogP contribution in [-0.2, 0) is 15.3 Å². The number of ether oxygens (including phenoxy) is 1. The minimum Gasteiger partial charge on any atom is -0.466 e. The minimum absolute atomic E-state index is 0.0789. The number of aromatic amines is 1. The highest BCUT2D eigenvalue weighted by atomic mass is 32.2. The number of hydrogen-bond acceptors (Lipinski definition) is 6. The molecule has 0 bridgehead atoms. The SMILES string of the molecule is CCOC(=O)CC(NC(=O)c1ccc(CSc2ncn[nH]2)cc1)c1ccccc1. The fraction of sp³-hybridized carbons (Fsp3) is 0.238. The number of esters is 1. The Bertz CT molecular complexity index is 915. The highest BCUT2D eigenvalue weighted by Crippen LogP contribution is 2.20. The summed E-state index contributed by atoms with van der Waals surface area (Å²) in [6.45, 7) is 2.07. The Hall–Kier alpha value is -3.13. The van der Waals surface area contributed by atoms with Gasteiger partial charge in [-0.25, -0.2) is 4.98 Å². The summed E-state index contributed by atoms with van der Waals surface area (Å²) in [5.41, 5.74) is 2.45. The van der Waals surface area contributed by atoms with Crippen LogP contribution in [0.4, 0.5) is 0 Å². The van der Waals surface area contributed by atoms with Gasteiger partial charge in [0.1, 0.15) is 6.33 Å². The third kappa shape index (κ3) is 6.18. The van der Waals surface area contributed by atoms with Crippen molar-refractivity contribution in [3.63, 3.8) is 0 Å². The van der Waals surface area contributed by atoms with Crippen molar-refractivity contribution in [2.45, 2.75) is 30.3 Å². The topological polar surface area (TPSA) is 97.0 Å². The Morgan fingerprint density at radius 1 is 1.14 bits per heavy atom. The smallest absolute Gasteiger partial charge is 0.308 e. The van der Waals surface area contributed by atoms with Gasteiger partial charge in [-0.05, 0) is 30.2 Å². The number of aromatic nitrogens is 3. The molecule has 0 aliphatic rings. The predicted octanol–water partition coefficient (Wildman–Crippen LogP) is 3.52. The van der Waals surface area contributed by atoms with E-state index in [9.17, 15) is 9.59 Å². The second-order valence-corrected chi connectivity index (χ2v) is 7.19. The normalized spacial score (nSPS) is 11.6. The average Bonchev–Trinajstić information content (AvgIpc) is 3.26. The van der Waals surface area contributed by atoms with Crippen LogP contribution in [0.2, 0.25) is 0 Å². The van der Waals surface area contributed by atoms with E-state index in [0.29, 0.717) is 17.9 Å². The summed E-state index contributed by atoms with van der Waals surface area (Å²) in [4.78, 5) is 28.8. The first-order valence-electron chi connectivity index (χ1n) is 9.24. The minimum atomic E-state index is -0.454. The molecule has 29 heavy (non-hydrogen) atoms. The van der Waals surface area contributed by atoms with Crippen LogP contribution in [-0.4, -0.2) is 33.7 Å². The lowest BCUT2D eigenvalue weighted by molar-refractivity contribution is -0.143. The first-order chi connectivity index (χ1) is 14.2. The molecule has 150 valence electrons. The molecule has 0 saturated heterocycles. The second-order valence-electron chi connectivity index (χ2n) is 6.22. The molecular weight excluding hydrogens is 388 g/mol. The molecule has 3 rings (SSSR count). The third-order valence-corrected chi connectivity index (χ3v) is 5.12. The lowest BCUT2D eigenvalue weighted by Gasteiger charge is -2.18. The van der Waals surface area contributed by atoms with Gasteiger partial charge < -0.3 is 10.1 Å². The monoisotopic (exact) mass is 410 g/mol. The number of hydrogen-bond donors (Lipinski definition) is 2. The van der Waals surface area contributed by atoms with Crippen LogP contribution in [0.5, 0.6) is 0 Å². The van der Waals surface area contributed by atoms with E-state index in [1.54, 1.807) is 19.1 Å². The number of nitrogens with zero attached hydrogens (tertiary/aromatic N) is 2. The summed E-state index contributed by atoms with van der Waals surface area (Å²) in [7, 11) is 0. The third-order valence-electron chi connectivity index (χ3n) is 4.17. The van der Waals surface area contributed by atoms with Gasteiger partial charge in [0.15, 0.2) is 5.16 Å². The first-order valence-corrected chi connectivity index (χ1v) is 10.2. The number of rotatable bonds is 9. The summed E-state index contributed by atoms with van der Waals surface area (Å²) in [5, 5.41) is 10.3. The zero-order valence-corrected chi connectivity index (χ0v) is 16.8. The van der Waals surface area contributed by atoms with E-state index in [1.165, 1.54) is 18.1 Å². The zero-order valence-electron chi connectivity index (χ0n) is 16.0. The van der Waals surface area contributed by atoms with Gasteiger partial charge in [0.05, 0.1) is 19.1 Å². The molecule has 0 saturated carbocycles. The van der Waals surface area contributed by atoms with Crippen molar-refractivity contribution in [3.05, 3.63) is 77.6 Å². The lowest BCUT2D eigenvalue weighted by Crippen LogP contribution is -2.30. The van der Waals surface area contributed by atoms with E-state index in [-0.39, 0.29) is 18.3 Å². The maximum absolute atomic E-state index is 12.7. The summed E-state index contributed by atoms with van der Waals surface area (Å²) in [5.74, 6) is 0.131. The highest BCUT2D eigenvalue weighted by molar-refractivity contribution is 7.98. The molecule has 0 radical (unpaired) electrons. The zero-order chi connectivity index (χ0) is 20.5. The molecule has 1 heterocycles. The van der Waals surface area contributed by atoms with Crippen LogP contribution in [0.3, 0.4) is 0 Å². The van der Waals surface area contributed by atoms with Gasteiger partial charge in [0.25, 0.3) is 5.91 Å². The average molecular weight is 410 g/mol. The molecule has 1 unspecified atom stereocenters. The molecule has 0 fully saturated rings. The molecule has 1 amide bonds. The maximum atomic E-state index is 12.7. The van der Waals surface area contributed by atoms with E-state index < -0.39 is 6.04 Å². The van der Waals surface area contributed by atoms with E-state index in [1.807, 2.05) is 42.5 Å². The predicted molar refractivity (Wildman–Crippen MR) is 110 cm³/mol. The van der Waals surface area contributed by atoms with Crippen molar-refractivity contribution < 1.29 is 14.3 Å². The van der Waals surface area contributed by atoms with E-state index in [2.05, 4.69) is 20.5 Å². The number of H-pyrrole nitrogens is 1. The van der Waals surface area contributed by atoms with Crippen LogP contribution in [0.1, 0.15) is 40.9 Å². The largest absolute Gasteiger partial charge is 0.466 e. The molecule has 0 aliphatic heterocycles. The van der Waals surface area contributed by atoms with E-state index >= 15 is 0 Å². The Kier molecular flexibility index (Phi) is 7.40. The van der Waals surface area contributed by atoms with Crippen molar-refractivity contribution in [1.82, 2.24) is 20.5 Å². The molecule has 0 spiro atoms. The summed E-state index contributed by atoms with van der Waals surface area (Å²) >= 11 is 1.53. The van der Waals surface area contributed by atoms with Gasteiger partial charge in [0, 0.05) is 11.3 Å². The van der Waals surface area contributed by atoms with E-state index in [4.69, 9.17) is 4.74 Å². The lowest BCUT2D eigenvalue weighted by atomic mass is 10.0. The second kappa shape index (κ2) is 10.4. The number of amides is 1. The number of benzene rings is 2. The molecule has 8 heteroatoms. The van der Waals surface area contributed by atoms with Crippen molar-refractivity contribution in [2.75, 3.05) is 6.61 Å². The molecule has 2 aromatic carbocycles. The van der Waals surface area contributed by atoms with Crippen LogP contribution in [0.25, 0.3) is 0 Å². The van der Waals surface area contributed by atoms with Crippen LogP contribution in [0.15, 0.2) is 66.1 Å². The standard InChI is InChI=1S/C21H22N4O3S/c1-2-28-19(26)12-18(16-6-4-3-5-7-16)24-20(27)17-10-8-15(9-11-17)13-29-21-22-14-23-25-21/h3-11,14,18H,2,12-13H2,1H3,(H,24,27)(H,22,23,25). The summed E-state index contributed by atoms with van der Waals surface area (Å²) in [6, 6.07) is 16.3. The van der Waals surface area contributed by atoms with Gasteiger partial charge in [-0.2, -0.15) is 5.10 Å². The maximum Gasteiger partial charge on any atom is 0.308 e. The van der Waals surface area contributed by atoms with Crippen molar-refractivity contribution in [1.29, 1.82) is 0 Å². The fourth-order valence-electron chi connectivity index (χ4n) is 2.73. The molecule has 0 aliphatic carbocycles. The van der Waals surface area contributed by atoms with Crippen molar-refractivity contribution in [2.24, 2.45) is 0 Å². The van der Waals surface area contributed by atoms with Gasteiger partial charge in [0.2, 0.25) is 0 Å². The first kappa shape index (κ1) is 20.6. The Morgan fingerprint density at radius 2 is 1.90 bits per heavy atom. The Labute approximate surface area is 173 Å². The fourth-order valence-corrected chi connectivity index (χ4v) is 3.47. The van der Waals surface area contributed by atoms with Crippen molar-refractivity contribution in [3.8, 4) is 0 Å². The molecule has 1 aromatic heterocycles. The van der Waals surface area contributed by atoms with Gasteiger partial charge in [-0.1, -0.05) is 54.2 Å². The molecular formula is C21H22N4O3S. The number of carbonyl (C=O) groups is 2. The molecule has 2 N–H and O–H groups in total. The van der Waals surface area contributed by atoms with Gasteiger partial charge in [-0.15, -0.1) is 0 Å². The number of carbonyl (C=O) groups excluding carboxylic acids is 2. The number of thioether (sulfide) groups is 1.